The van der Waals surface area contributed by atoms with E-state index in [1.165, 1.54) is 0 Å². The van der Waals surface area contributed by atoms with Crippen molar-refractivity contribution in [1.29, 1.82) is 0 Å². The molecule has 2 aliphatic carbocycles. The van der Waals surface area contributed by atoms with Gasteiger partial charge < -0.3 is 4.74 Å². The molecule has 2 atom stereocenters. The fourth-order valence-corrected chi connectivity index (χ4v) is 2.94. The van der Waals surface area contributed by atoms with Crippen LogP contribution in [0.5, 0.6) is 0 Å². The number of fused-ring (bicyclic) bond motifs is 1. The fourth-order valence-electron chi connectivity index (χ4n) is 2.94. The summed E-state index contributed by atoms with van der Waals surface area (Å²) in [5.41, 5.74) is -0.862. The first-order valence-electron chi connectivity index (χ1n) is 5.27. The molecule has 0 aromatic carbocycles. The van der Waals surface area contributed by atoms with Crippen LogP contribution in [0.2, 0.25) is 0 Å². The molecule has 78 valence electrons. The van der Waals surface area contributed by atoms with E-state index in [2.05, 4.69) is 0 Å². The highest BCUT2D eigenvalue weighted by Gasteiger charge is 2.69. The fraction of sp³-hybridized carbons (Fsp3) is 0.818. The van der Waals surface area contributed by atoms with Gasteiger partial charge in [0.15, 0.2) is 5.78 Å². The lowest BCUT2D eigenvalue weighted by Gasteiger charge is -2.49. The average Bonchev–Trinajstić information content (AvgIpc) is 2.28. The number of esters is 1. The van der Waals surface area contributed by atoms with Gasteiger partial charge in [-0.05, 0) is 31.6 Å². The van der Waals surface area contributed by atoms with E-state index in [-0.39, 0.29) is 17.2 Å². The number of ketones is 1. The number of hydrogen-bond donors (Lipinski definition) is 0. The van der Waals surface area contributed by atoms with Gasteiger partial charge in [-0.25, -0.2) is 0 Å². The first-order valence-corrected chi connectivity index (χ1v) is 5.27. The van der Waals surface area contributed by atoms with Crippen molar-refractivity contribution in [3.8, 4) is 0 Å². The van der Waals surface area contributed by atoms with Crippen LogP contribution in [-0.2, 0) is 14.3 Å². The Hall–Kier alpha value is -0.860. The van der Waals surface area contributed by atoms with Crippen LogP contribution in [0.4, 0.5) is 0 Å². The van der Waals surface area contributed by atoms with Gasteiger partial charge in [0.2, 0.25) is 0 Å². The first-order chi connectivity index (χ1) is 6.57. The zero-order valence-corrected chi connectivity index (χ0v) is 8.76. The topological polar surface area (TPSA) is 43.4 Å². The minimum atomic E-state index is -0.761. The van der Waals surface area contributed by atoms with Crippen molar-refractivity contribution in [3.63, 3.8) is 0 Å². The molecule has 2 saturated carbocycles. The Balaban J connectivity index is 2.29. The van der Waals surface area contributed by atoms with E-state index in [1.807, 2.05) is 6.92 Å². The zero-order chi connectivity index (χ0) is 10.4. The molecule has 0 radical (unpaired) electrons. The summed E-state index contributed by atoms with van der Waals surface area (Å²) in [7, 11) is 0. The van der Waals surface area contributed by atoms with E-state index >= 15 is 0 Å². The van der Waals surface area contributed by atoms with Gasteiger partial charge in [-0.2, -0.15) is 0 Å². The van der Waals surface area contributed by atoms with Gasteiger partial charge in [0.25, 0.3) is 0 Å². The Bertz CT molecular complexity index is 297. The van der Waals surface area contributed by atoms with E-state index in [0.29, 0.717) is 19.4 Å². The van der Waals surface area contributed by atoms with Gasteiger partial charge in [-0.3, -0.25) is 9.59 Å². The third-order valence-electron chi connectivity index (χ3n) is 4.09. The number of hydrogen-bond acceptors (Lipinski definition) is 3. The van der Waals surface area contributed by atoms with Gasteiger partial charge in [0, 0.05) is 6.42 Å². The molecule has 0 N–H and O–H groups in total. The Kier molecular flexibility index (Phi) is 1.95. The van der Waals surface area contributed by atoms with Crippen molar-refractivity contribution < 1.29 is 14.3 Å². The second-order valence-electron chi connectivity index (χ2n) is 4.61. The van der Waals surface area contributed by atoms with E-state index in [0.717, 1.165) is 12.8 Å². The molecule has 3 nitrogen and oxygen atoms in total. The summed E-state index contributed by atoms with van der Waals surface area (Å²) in [6.07, 6.45) is 3.08. The van der Waals surface area contributed by atoms with Crippen molar-refractivity contribution >= 4 is 11.8 Å². The van der Waals surface area contributed by atoms with Crippen LogP contribution in [0.1, 0.15) is 39.5 Å². The second kappa shape index (κ2) is 2.81. The molecule has 0 unspecified atom stereocenters. The minimum Gasteiger partial charge on any atom is -0.465 e. The third-order valence-corrected chi connectivity index (χ3v) is 4.09. The van der Waals surface area contributed by atoms with Crippen molar-refractivity contribution in [2.75, 3.05) is 6.61 Å². The van der Waals surface area contributed by atoms with Gasteiger partial charge in [0.05, 0.1) is 6.61 Å². The van der Waals surface area contributed by atoms with Crippen LogP contribution in [0.25, 0.3) is 0 Å². The maximum absolute atomic E-state index is 11.8. The maximum Gasteiger partial charge on any atom is 0.320 e. The number of rotatable bonds is 2. The van der Waals surface area contributed by atoms with E-state index in [4.69, 9.17) is 4.74 Å². The minimum absolute atomic E-state index is 0.101. The number of carbonyl (C=O) groups excluding carboxylic acids is 2. The predicted octanol–water partition coefficient (Wildman–Crippen LogP) is 1.70. The predicted molar refractivity (Wildman–Crippen MR) is 50.6 cm³/mol. The highest BCUT2D eigenvalue weighted by atomic mass is 16.5. The molecule has 0 heterocycles. The molecular formula is C11H16O3. The lowest BCUT2D eigenvalue weighted by atomic mass is 9.52. The average molecular weight is 196 g/mol. The van der Waals surface area contributed by atoms with E-state index in [9.17, 15) is 9.59 Å². The summed E-state index contributed by atoms with van der Waals surface area (Å²) >= 11 is 0. The molecule has 0 aromatic rings. The summed E-state index contributed by atoms with van der Waals surface area (Å²) in [4.78, 5) is 23.6. The summed E-state index contributed by atoms with van der Waals surface area (Å²) in [5.74, 6) is -0.180. The molecule has 0 bridgehead atoms. The molecule has 2 aliphatic rings. The van der Waals surface area contributed by atoms with Crippen LogP contribution in [0.15, 0.2) is 0 Å². The Labute approximate surface area is 83.8 Å². The number of Topliss-reactive ketones (excluding diaryl/α,β-unsaturated/α-hetero) is 1. The third kappa shape index (κ3) is 0.877. The number of ether oxygens (including phenoxy) is 1. The van der Waals surface area contributed by atoms with Gasteiger partial charge in [-0.15, -0.1) is 0 Å². The van der Waals surface area contributed by atoms with Crippen LogP contribution in [-0.4, -0.2) is 18.4 Å². The summed E-state index contributed by atoms with van der Waals surface area (Å²) in [5, 5.41) is 0. The normalized spacial score (nSPS) is 40.3. The SMILES string of the molecule is CCOC(=O)[C@]12CC[C@@]1(C)CCC2=O. The number of carbonyl (C=O) groups is 2. The molecule has 2 rings (SSSR count). The highest BCUT2D eigenvalue weighted by molar-refractivity contribution is 6.07. The maximum atomic E-state index is 11.8. The summed E-state index contributed by atoms with van der Waals surface area (Å²) < 4.78 is 5.03. The monoisotopic (exact) mass is 196 g/mol. The molecular weight excluding hydrogens is 180 g/mol. The molecule has 0 spiro atoms. The van der Waals surface area contributed by atoms with E-state index < -0.39 is 5.41 Å². The van der Waals surface area contributed by atoms with Crippen LogP contribution in [0.3, 0.4) is 0 Å². The van der Waals surface area contributed by atoms with Crippen LogP contribution in [0, 0.1) is 10.8 Å². The Morgan fingerprint density at radius 2 is 2.14 bits per heavy atom. The molecule has 3 heteroatoms. The molecule has 0 aromatic heterocycles. The van der Waals surface area contributed by atoms with E-state index in [1.54, 1.807) is 6.92 Å². The molecule has 0 saturated heterocycles. The Morgan fingerprint density at radius 1 is 1.43 bits per heavy atom. The smallest absolute Gasteiger partial charge is 0.320 e. The first kappa shape index (κ1) is 9.69. The lowest BCUT2D eigenvalue weighted by molar-refractivity contribution is -0.177. The standard InChI is InChI=1S/C11H16O3/c1-3-14-9(13)11-7-6-10(11,2)5-4-8(11)12/h3-7H2,1-2H3/t10-,11-/m1/s1. The largest absolute Gasteiger partial charge is 0.465 e. The molecule has 14 heavy (non-hydrogen) atoms. The molecule has 0 amide bonds. The van der Waals surface area contributed by atoms with Gasteiger partial charge in [0.1, 0.15) is 5.41 Å². The molecule has 2 fully saturated rings. The quantitative estimate of drug-likeness (QED) is 0.498. The molecule has 0 aliphatic heterocycles. The van der Waals surface area contributed by atoms with Crippen LogP contribution >= 0.6 is 0 Å². The van der Waals surface area contributed by atoms with Crippen molar-refractivity contribution in [2.45, 2.75) is 39.5 Å². The van der Waals surface area contributed by atoms with Gasteiger partial charge >= 0.3 is 5.97 Å². The Morgan fingerprint density at radius 3 is 2.57 bits per heavy atom. The van der Waals surface area contributed by atoms with Crippen molar-refractivity contribution in [2.24, 2.45) is 10.8 Å². The summed E-state index contributed by atoms with van der Waals surface area (Å²) in [6, 6.07) is 0. The lowest BCUT2D eigenvalue weighted by Crippen LogP contribution is -2.55. The van der Waals surface area contributed by atoms with Crippen molar-refractivity contribution in [3.05, 3.63) is 0 Å². The van der Waals surface area contributed by atoms with Gasteiger partial charge in [-0.1, -0.05) is 6.92 Å². The second-order valence-corrected chi connectivity index (χ2v) is 4.61. The zero-order valence-electron chi connectivity index (χ0n) is 8.76. The van der Waals surface area contributed by atoms with Crippen molar-refractivity contribution in [1.82, 2.24) is 0 Å². The summed E-state index contributed by atoms with van der Waals surface area (Å²) in [6.45, 7) is 4.19. The van der Waals surface area contributed by atoms with Crippen LogP contribution < -0.4 is 0 Å². The highest BCUT2D eigenvalue weighted by Crippen LogP contribution is 2.64.